The van der Waals surface area contributed by atoms with E-state index in [1.165, 1.54) is 6.08 Å². The number of hydrogen-bond acceptors (Lipinski definition) is 2. The van der Waals surface area contributed by atoms with Crippen LogP contribution >= 0.6 is 11.6 Å². The van der Waals surface area contributed by atoms with Crippen molar-refractivity contribution < 1.29 is 0 Å². The number of rotatable bonds is 2. The molecule has 0 aromatic rings. The lowest BCUT2D eigenvalue weighted by Gasteiger charge is -1.85. The number of nitriles is 1. The summed E-state index contributed by atoms with van der Waals surface area (Å²) in [5.41, 5.74) is 0.484. The van der Waals surface area contributed by atoms with E-state index in [2.05, 4.69) is 11.7 Å². The molecular weight excluding hydrogens is 148 g/mol. The van der Waals surface area contributed by atoms with E-state index in [1.807, 2.05) is 6.07 Å². The van der Waals surface area contributed by atoms with Crippen LogP contribution in [0.2, 0.25) is 0 Å². The Morgan fingerprint density at radius 3 is 2.70 bits per heavy atom. The summed E-state index contributed by atoms with van der Waals surface area (Å²) < 4.78 is 0. The molecule has 0 aromatic heterocycles. The van der Waals surface area contributed by atoms with Gasteiger partial charge in [0.2, 0.25) is 0 Å². The van der Waals surface area contributed by atoms with Crippen molar-refractivity contribution in [3.8, 4) is 6.07 Å². The van der Waals surface area contributed by atoms with Gasteiger partial charge in [0.15, 0.2) is 0 Å². The van der Waals surface area contributed by atoms with E-state index < -0.39 is 0 Å². The molecule has 0 aliphatic carbocycles. The second-order valence-electron chi connectivity index (χ2n) is 1.48. The zero-order valence-corrected chi connectivity index (χ0v) is 6.39. The first-order valence-corrected chi connectivity index (χ1v) is 3.02. The molecule has 0 amide bonds. The molecule has 10 heavy (non-hydrogen) atoms. The smallest absolute Gasteiger partial charge is 0.129 e. The van der Waals surface area contributed by atoms with E-state index >= 15 is 0 Å². The third-order valence-electron chi connectivity index (χ3n) is 0.866. The molecule has 0 rings (SSSR count). The molecular formula is C7H7ClN2. The average molecular weight is 155 g/mol. The minimum absolute atomic E-state index is 0.231. The standard InChI is InChI=1S/C7H7ClN2/c1-3-6(5-9)4-7(8)10-2/h3-4H,2H2,1H3/b6-3+,7-4-. The molecule has 0 aromatic carbocycles. The van der Waals surface area contributed by atoms with Gasteiger partial charge in [0.25, 0.3) is 0 Å². The van der Waals surface area contributed by atoms with Crippen LogP contribution in [-0.2, 0) is 0 Å². The van der Waals surface area contributed by atoms with Gasteiger partial charge < -0.3 is 0 Å². The largest absolute Gasteiger partial charge is 0.252 e. The summed E-state index contributed by atoms with van der Waals surface area (Å²) in [6.07, 6.45) is 3.10. The number of nitrogens with zero attached hydrogens (tertiary/aromatic N) is 2. The summed E-state index contributed by atoms with van der Waals surface area (Å²) in [6, 6.07) is 1.93. The second-order valence-corrected chi connectivity index (χ2v) is 1.87. The van der Waals surface area contributed by atoms with E-state index in [1.54, 1.807) is 13.0 Å². The lowest BCUT2D eigenvalue weighted by Crippen LogP contribution is -1.70. The lowest BCUT2D eigenvalue weighted by atomic mass is 10.3. The molecule has 0 atom stereocenters. The molecule has 0 unspecified atom stereocenters. The third kappa shape index (κ3) is 3.06. The van der Waals surface area contributed by atoms with Crippen molar-refractivity contribution in [3.63, 3.8) is 0 Å². The molecule has 0 N–H and O–H groups in total. The quantitative estimate of drug-likeness (QED) is 0.260. The van der Waals surface area contributed by atoms with Gasteiger partial charge in [0.1, 0.15) is 5.16 Å². The minimum atomic E-state index is 0.231. The van der Waals surface area contributed by atoms with Gasteiger partial charge in [0, 0.05) is 0 Å². The Bertz CT molecular complexity index is 220. The molecule has 0 bridgehead atoms. The van der Waals surface area contributed by atoms with Crippen LogP contribution in [0.4, 0.5) is 0 Å². The minimum Gasteiger partial charge on any atom is -0.252 e. The van der Waals surface area contributed by atoms with Crippen LogP contribution in [0.3, 0.4) is 0 Å². The van der Waals surface area contributed by atoms with Crippen molar-refractivity contribution in [2.75, 3.05) is 0 Å². The fourth-order valence-electron chi connectivity index (χ4n) is 0.354. The summed E-state index contributed by atoms with van der Waals surface area (Å²) >= 11 is 5.46. The highest BCUT2D eigenvalue weighted by Gasteiger charge is 1.88. The monoisotopic (exact) mass is 154 g/mol. The topological polar surface area (TPSA) is 36.1 Å². The summed E-state index contributed by atoms with van der Waals surface area (Å²) in [4.78, 5) is 3.41. The van der Waals surface area contributed by atoms with Crippen molar-refractivity contribution in [2.45, 2.75) is 6.92 Å². The zero-order chi connectivity index (χ0) is 7.98. The highest BCUT2D eigenvalue weighted by Crippen LogP contribution is 2.06. The first kappa shape index (κ1) is 8.93. The van der Waals surface area contributed by atoms with Crippen LogP contribution in [0, 0.1) is 11.3 Å². The van der Waals surface area contributed by atoms with Gasteiger partial charge in [-0.05, 0) is 19.7 Å². The Hall–Kier alpha value is -1.07. The van der Waals surface area contributed by atoms with Gasteiger partial charge in [-0.25, -0.2) is 0 Å². The SMILES string of the molecule is C=N/C(Cl)=C\C(C#N)=C/C. The molecule has 0 saturated heterocycles. The van der Waals surface area contributed by atoms with Gasteiger partial charge in [-0.1, -0.05) is 17.7 Å². The molecule has 0 radical (unpaired) electrons. The second kappa shape index (κ2) is 4.78. The molecule has 52 valence electrons. The van der Waals surface area contributed by atoms with Gasteiger partial charge in [-0.3, -0.25) is 4.99 Å². The summed E-state index contributed by atoms with van der Waals surface area (Å²) in [5, 5.41) is 8.62. The number of halogens is 1. The van der Waals surface area contributed by atoms with Crippen LogP contribution in [0.5, 0.6) is 0 Å². The Kier molecular flexibility index (Phi) is 4.26. The molecule has 0 fully saturated rings. The van der Waals surface area contributed by atoms with Crippen LogP contribution in [0.1, 0.15) is 6.92 Å². The maximum Gasteiger partial charge on any atom is 0.129 e. The Balaban J connectivity index is 4.41. The maximum atomic E-state index is 8.39. The van der Waals surface area contributed by atoms with Crippen molar-refractivity contribution in [2.24, 2.45) is 4.99 Å². The van der Waals surface area contributed by atoms with Gasteiger partial charge in [0.05, 0.1) is 11.6 Å². The van der Waals surface area contributed by atoms with Crippen LogP contribution in [-0.4, -0.2) is 6.72 Å². The highest BCUT2D eigenvalue weighted by molar-refractivity contribution is 6.29. The van der Waals surface area contributed by atoms with Crippen LogP contribution in [0.15, 0.2) is 27.9 Å². The molecule has 0 heterocycles. The lowest BCUT2D eigenvalue weighted by molar-refractivity contribution is 1.45. The number of allylic oxidation sites excluding steroid dienone is 3. The third-order valence-corrected chi connectivity index (χ3v) is 1.09. The van der Waals surface area contributed by atoms with Crippen molar-refractivity contribution in [3.05, 3.63) is 22.9 Å². The predicted molar refractivity (Wildman–Crippen MR) is 42.9 cm³/mol. The summed E-state index contributed by atoms with van der Waals surface area (Å²) in [5.74, 6) is 0. The summed E-state index contributed by atoms with van der Waals surface area (Å²) in [7, 11) is 0. The van der Waals surface area contributed by atoms with E-state index in [0.717, 1.165) is 0 Å². The van der Waals surface area contributed by atoms with Crippen molar-refractivity contribution in [1.82, 2.24) is 0 Å². The van der Waals surface area contributed by atoms with Gasteiger partial charge in [-0.2, -0.15) is 5.26 Å². The van der Waals surface area contributed by atoms with Crippen molar-refractivity contribution >= 4 is 18.3 Å². The van der Waals surface area contributed by atoms with E-state index in [0.29, 0.717) is 5.57 Å². The van der Waals surface area contributed by atoms with E-state index in [9.17, 15) is 0 Å². The van der Waals surface area contributed by atoms with Crippen LogP contribution in [0.25, 0.3) is 0 Å². The first-order chi connectivity index (χ1) is 4.74. The Labute approximate surface area is 65.1 Å². The van der Waals surface area contributed by atoms with E-state index in [4.69, 9.17) is 16.9 Å². The average Bonchev–Trinajstić information content (AvgIpc) is 1.99. The van der Waals surface area contributed by atoms with E-state index in [-0.39, 0.29) is 5.16 Å². The van der Waals surface area contributed by atoms with Gasteiger partial charge in [-0.15, -0.1) is 0 Å². The van der Waals surface area contributed by atoms with Gasteiger partial charge >= 0.3 is 0 Å². The fourth-order valence-corrected chi connectivity index (χ4v) is 0.472. The predicted octanol–water partition coefficient (Wildman–Crippen LogP) is 2.24. The van der Waals surface area contributed by atoms with Crippen molar-refractivity contribution in [1.29, 1.82) is 5.26 Å². The van der Waals surface area contributed by atoms with Crippen LogP contribution < -0.4 is 0 Å². The summed E-state index contributed by atoms with van der Waals surface area (Å²) in [6.45, 7) is 4.95. The molecule has 3 heteroatoms. The number of hydrogen-bond donors (Lipinski definition) is 0. The molecule has 0 aliphatic heterocycles. The molecule has 0 saturated carbocycles. The molecule has 0 spiro atoms. The highest BCUT2D eigenvalue weighted by atomic mass is 35.5. The Morgan fingerprint density at radius 2 is 2.40 bits per heavy atom. The number of aliphatic imine (C=N–C) groups is 1. The zero-order valence-electron chi connectivity index (χ0n) is 5.63. The normalized spacial score (nSPS) is 12.5. The molecule has 2 nitrogen and oxygen atoms in total. The first-order valence-electron chi connectivity index (χ1n) is 2.65. The fraction of sp³-hybridized carbons (Fsp3) is 0.143. The Morgan fingerprint density at radius 1 is 1.80 bits per heavy atom. The maximum absolute atomic E-state index is 8.39. The molecule has 0 aliphatic rings.